The van der Waals surface area contributed by atoms with Crippen LogP contribution in [0.25, 0.3) is 0 Å². The number of aliphatic hydroxyl groups excluding tert-OH is 1. The number of carbonyl (C=O) groups is 2. The molecule has 1 aromatic heterocycles. The fourth-order valence-electron chi connectivity index (χ4n) is 3.21. The molecule has 0 spiro atoms. The van der Waals surface area contributed by atoms with Gasteiger partial charge < -0.3 is 15.1 Å². The Kier molecular flexibility index (Phi) is 5.54. The second kappa shape index (κ2) is 7.85. The van der Waals surface area contributed by atoms with Gasteiger partial charge in [0.05, 0.1) is 6.10 Å². The highest BCUT2D eigenvalue weighted by atomic mass is 35.5. The van der Waals surface area contributed by atoms with Gasteiger partial charge >= 0.3 is 5.97 Å². The first-order chi connectivity index (χ1) is 12.5. The summed E-state index contributed by atoms with van der Waals surface area (Å²) in [7, 11) is 0. The Labute approximate surface area is 156 Å². The van der Waals surface area contributed by atoms with Gasteiger partial charge in [0, 0.05) is 29.9 Å². The van der Waals surface area contributed by atoms with Gasteiger partial charge in [-0.3, -0.25) is 4.79 Å². The van der Waals surface area contributed by atoms with Crippen LogP contribution in [0, 0.1) is 5.92 Å². The Balaban J connectivity index is 1.62. The SMILES string of the molecule is O=C(O)c1cc(C(=O)N2CCC(C(O)c3ccc(Cl)cc3)CC2)ccn1. The van der Waals surface area contributed by atoms with Crippen molar-refractivity contribution < 1.29 is 19.8 Å². The third-order valence-electron chi connectivity index (χ3n) is 4.71. The summed E-state index contributed by atoms with van der Waals surface area (Å²) in [5, 5.41) is 20.2. The van der Waals surface area contributed by atoms with Crippen molar-refractivity contribution in [3.8, 4) is 0 Å². The first-order valence-corrected chi connectivity index (χ1v) is 8.75. The summed E-state index contributed by atoms with van der Waals surface area (Å²) in [5.41, 5.74) is 0.984. The minimum atomic E-state index is -1.16. The van der Waals surface area contributed by atoms with E-state index in [0.29, 0.717) is 36.5 Å². The first-order valence-electron chi connectivity index (χ1n) is 8.38. The molecule has 1 aliphatic heterocycles. The lowest BCUT2D eigenvalue weighted by Gasteiger charge is -2.34. The van der Waals surface area contributed by atoms with Gasteiger partial charge in [-0.05, 0) is 48.6 Å². The Morgan fingerprint density at radius 3 is 2.42 bits per heavy atom. The normalized spacial score (nSPS) is 16.3. The van der Waals surface area contributed by atoms with Crippen LogP contribution in [0.4, 0.5) is 0 Å². The van der Waals surface area contributed by atoms with Crippen LogP contribution in [0.2, 0.25) is 5.02 Å². The molecule has 6 nitrogen and oxygen atoms in total. The number of piperidine rings is 1. The standard InChI is InChI=1S/C19H19ClN2O4/c20-15-3-1-12(2-4-15)17(23)13-6-9-22(10-7-13)18(24)14-5-8-21-16(11-14)19(25)26/h1-5,8,11,13,17,23H,6-7,9-10H2,(H,25,26). The maximum Gasteiger partial charge on any atom is 0.354 e. The summed E-state index contributed by atoms with van der Waals surface area (Å²) < 4.78 is 0. The molecule has 26 heavy (non-hydrogen) atoms. The van der Waals surface area contributed by atoms with Crippen LogP contribution in [0.5, 0.6) is 0 Å². The number of pyridine rings is 1. The second-order valence-corrected chi connectivity index (χ2v) is 6.80. The maximum atomic E-state index is 12.6. The molecular weight excluding hydrogens is 356 g/mol. The van der Waals surface area contributed by atoms with Crippen molar-refractivity contribution in [1.29, 1.82) is 0 Å². The van der Waals surface area contributed by atoms with Gasteiger partial charge in [0.2, 0.25) is 0 Å². The van der Waals surface area contributed by atoms with Crippen LogP contribution in [-0.4, -0.2) is 45.1 Å². The molecule has 3 rings (SSSR count). The van der Waals surface area contributed by atoms with Crippen LogP contribution in [0.15, 0.2) is 42.6 Å². The van der Waals surface area contributed by atoms with E-state index in [1.54, 1.807) is 17.0 Å². The molecule has 0 radical (unpaired) electrons. The lowest BCUT2D eigenvalue weighted by Crippen LogP contribution is -2.39. The van der Waals surface area contributed by atoms with Crippen molar-refractivity contribution in [2.24, 2.45) is 5.92 Å². The third kappa shape index (κ3) is 4.03. The van der Waals surface area contributed by atoms with Crippen molar-refractivity contribution in [1.82, 2.24) is 9.88 Å². The largest absolute Gasteiger partial charge is 0.477 e. The summed E-state index contributed by atoms with van der Waals surface area (Å²) in [6.07, 6.45) is 2.08. The zero-order valence-electron chi connectivity index (χ0n) is 14.0. The van der Waals surface area contributed by atoms with Gasteiger partial charge in [0.1, 0.15) is 5.69 Å². The number of rotatable bonds is 4. The molecule has 1 fully saturated rings. The van der Waals surface area contributed by atoms with E-state index in [1.165, 1.54) is 18.3 Å². The minimum Gasteiger partial charge on any atom is -0.477 e. The smallest absolute Gasteiger partial charge is 0.354 e. The van der Waals surface area contributed by atoms with Crippen LogP contribution in [-0.2, 0) is 0 Å². The molecule has 1 saturated heterocycles. The number of nitrogens with zero attached hydrogens (tertiary/aromatic N) is 2. The summed E-state index contributed by atoms with van der Waals surface area (Å²) in [5.74, 6) is -1.31. The number of benzene rings is 1. The summed E-state index contributed by atoms with van der Waals surface area (Å²) in [6.45, 7) is 1.03. The van der Waals surface area contributed by atoms with Crippen LogP contribution < -0.4 is 0 Å². The zero-order chi connectivity index (χ0) is 18.7. The molecule has 7 heteroatoms. The number of carboxylic acids is 1. The average Bonchev–Trinajstić information content (AvgIpc) is 2.67. The molecule has 2 heterocycles. The van der Waals surface area contributed by atoms with E-state index in [2.05, 4.69) is 4.98 Å². The van der Waals surface area contributed by atoms with Gasteiger partial charge in [-0.15, -0.1) is 0 Å². The van der Waals surface area contributed by atoms with Crippen molar-refractivity contribution in [2.75, 3.05) is 13.1 Å². The lowest BCUT2D eigenvalue weighted by molar-refractivity contribution is 0.0462. The Bertz CT molecular complexity index is 801. The summed E-state index contributed by atoms with van der Waals surface area (Å²) >= 11 is 5.88. The Morgan fingerprint density at radius 2 is 1.81 bits per heavy atom. The zero-order valence-corrected chi connectivity index (χ0v) is 14.8. The monoisotopic (exact) mass is 374 g/mol. The fourth-order valence-corrected chi connectivity index (χ4v) is 3.34. The molecule has 0 aliphatic carbocycles. The predicted molar refractivity (Wildman–Crippen MR) is 96.2 cm³/mol. The van der Waals surface area contributed by atoms with E-state index in [0.717, 1.165) is 5.56 Å². The Morgan fingerprint density at radius 1 is 1.15 bits per heavy atom. The van der Waals surface area contributed by atoms with Gasteiger partial charge in [-0.1, -0.05) is 23.7 Å². The van der Waals surface area contributed by atoms with Crippen molar-refractivity contribution in [3.05, 3.63) is 64.4 Å². The number of aromatic nitrogens is 1. The molecule has 1 aromatic carbocycles. The molecule has 2 N–H and O–H groups in total. The molecular formula is C19H19ClN2O4. The molecule has 136 valence electrons. The minimum absolute atomic E-state index is 0.0623. The molecule has 1 amide bonds. The number of halogens is 1. The average molecular weight is 375 g/mol. The quantitative estimate of drug-likeness (QED) is 0.858. The molecule has 0 saturated carbocycles. The van der Waals surface area contributed by atoms with E-state index in [-0.39, 0.29) is 17.5 Å². The number of amides is 1. The summed E-state index contributed by atoms with van der Waals surface area (Å²) in [6, 6.07) is 9.94. The maximum absolute atomic E-state index is 12.6. The Hall–Kier alpha value is -2.44. The highest BCUT2D eigenvalue weighted by molar-refractivity contribution is 6.30. The van der Waals surface area contributed by atoms with E-state index in [1.807, 2.05) is 12.1 Å². The number of likely N-dealkylation sites (tertiary alicyclic amines) is 1. The number of hydrogen-bond donors (Lipinski definition) is 2. The van der Waals surface area contributed by atoms with Crippen LogP contribution in [0.3, 0.4) is 0 Å². The van der Waals surface area contributed by atoms with E-state index >= 15 is 0 Å². The van der Waals surface area contributed by atoms with Crippen molar-refractivity contribution in [3.63, 3.8) is 0 Å². The highest BCUT2D eigenvalue weighted by Gasteiger charge is 2.29. The second-order valence-electron chi connectivity index (χ2n) is 6.36. The van der Waals surface area contributed by atoms with Gasteiger partial charge in [-0.25, -0.2) is 9.78 Å². The predicted octanol–water partition coefficient (Wildman–Crippen LogP) is 3.02. The number of carboxylic acid groups (broad SMARTS) is 1. The molecule has 1 unspecified atom stereocenters. The fraction of sp³-hybridized carbons (Fsp3) is 0.316. The van der Waals surface area contributed by atoms with Crippen LogP contribution in [0.1, 0.15) is 45.4 Å². The van der Waals surface area contributed by atoms with Crippen LogP contribution >= 0.6 is 11.6 Å². The number of hydrogen-bond acceptors (Lipinski definition) is 4. The number of aromatic carboxylic acids is 1. The first kappa shape index (κ1) is 18.4. The topological polar surface area (TPSA) is 90.7 Å². The van der Waals surface area contributed by atoms with Gasteiger partial charge in [-0.2, -0.15) is 0 Å². The van der Waals surface area contributed by atoms with Gasteiger partial charge in [0.25, 0.3) is 5.91 Å². The third-order valence-corrected chi connectivity index (χ3v) is 4.96. The van der Waals surface area contributed by atoms with E-state index in [4.69, 9.17) is 16.7 Å². The van der Waals surface area contributed by atoms with Crippen molar-refractivity contribution >= 4 is 23.5 Å². The summed E-state index contributed by atoms with van der Waals surface area (Å²) in [4.78, 5) is 29.0. The molecule has 0 bridgehead atoms. The van der Waals surface area contributed by atoms with Crippen molar-refractivity contribution in [2.45, 2.75) is 18.9 Å². The highest BCUT2D eigenvalue weighted by Crippen LogP contribution is 2.31. The van der Waals surface area contributed by atoms with Gasteiger partial charge in [0.15, 0.2) is 0 Å². The van der Waals surface area contributed by atoms with E-state index < -0.39 is 12.1 Å². The lowest BCUT2D eigenvalue weighted by atomic mass is 9.87. The number of aliphatic hydroxyl groups is 1. The number of carbonyl (C=O) groups excluding carboxylic acids is 1. The molecule has 1 aliphatic rings. The molecule has 2 aromatic rings. The molecule has 1 atom stereocenters. The van der Waals surface area contributed by atoms with E-state index in [9.17, 15) is 14.7 Å².